The van der Waals surface area contributed by atoms with Crippen LogP contribution < -0.4 is 0 Å². The van der Waals surface area contributed by atoms with Gasteiger partial charge in [0.15, 0.2) is 0 Å². The number of aromatic nitrogens is 1. The summed E-state index contributed by atoms with van der Waals surface area (Å²) < 4.78 is 1.26. The topological polar surface area (TPSA) is 12.9 Å². The van der Waals surface area contributed by atoms with Crippen LogP contribution in [-0.2, 0) is 0 Å². The molecule has 0 N–H and O–H groups in total. The fraction of sp³-hybridized carbons (Fsp3) is 0.417. The highest BCUT2D eigenvalue weighted by Crippen LogP contribution is 2.30. The monoisotopic (exact) mass is 237 g/mol. The van der Waals surface area contributed by atoms with E-state index in [4.69, 9.17) is 0 Å². The Balaban J connectivity index is 2.52. The van der Waals surface area contributed by atoms with Crippen LogP contribution in [-0.4, -0.2) is 4.98 Å². The molecule has 0 aliphatic rings. The molecule has 1 aromatic heterocycles. The first-order valence-corrected chi connectivity index (χ1v) is 6.49. The average Bonchev–Trinajstić information content (AvgIpc) is 2.59. The molecule has 1 unspecified atom stereocenters. The highest BCUT2D eigenvalue weighted by atomic mass is 32.1. The normalized spacial score (nSPS) is 13.7. The lowest BCUT2D eigenvalue weighted by Crippen LogP contribution is -1.86. The number of thiol groups is 1. The number of benzene rings is 1. The van der Waals surface area contributed by atoms with Crippen LogP contribution in [0.25, 0.3) is 10.2 Å². The van der Waals surface area contributed by atoms with Crippen LogP contribution in [0, 0.1) is 0 Å². The summed E-state index contributed by atoms with van der Waals surface area (Å²) in [6.07, 6.45) is 0. The second-order valence-corrected chi connectivity index (χ2v) is 5.95. The molecule has 0 aliphatic heterocycles. The number of nitrogens with zero attached hydrogens (tertiary/aromatic N) is 1. The summed E-state index contributed by atoms with van der Waals surface area (Å²) in [4.78, 5) is 4.60. The summed E-state index contributed by atoms with van der Waals surface area (Å²) in [5.74, 6) is 0.563. The molecule has 0 bridgehead atoms. The molecule has 15 heavy (non-hydrogen) atoms. The van der Waals surface area contributed by atoms with Crippen molar-refractivity contribution >= 4 is 34.2 Å². The van der Waals surface area contributed by atoms with Crippen molar-refractivity contribution < 1.29 is 0 Å². The van der Waals surface area contributed by atoms with Crippen LogP contribution in [0.3, 0.4) is 0 Å². The Morgan fingerprint density at radius 2 is 2.00 bits per heavy atom. The van der Waals surface area contributed by atoms with Crippen LogP contribution in [0.1, 0.15) is 42.5 Å². The predicted molar refractivity (Wildman–Crippen MR) is 71.1 cm³/mol. The summed E-state index contributed by atoms with van der Waals surface area (Å²) in [6, 6.07) is 6.55. The number of hydrogen-bond acceptors (Lipinski definition) is 3. The first kappa shape index (κ1) is 11.0. The summed E-state index contributed by atoms with van der Waals surface area (Å²) in [7, 11) is 0. The van der Waals surface area contributed by atoms with Crippen LogP contribution in [0.4, 0.5) is 0 Å². The fourth-order valence-electron chi connectivity index (χ4n) is 1.50. The van der Waals surface area contributed by atoms with Gasteiger partial charge in [-0.15, -0.1) is 11.3 Å². The summed E-state index contributed by atoms with van der Waals surface area (Å²) in [6.45, 7) is 6.47. The largest absolute Gasteiger partial charge is 0.240 e. The molecule has 0 saturated heterocycles. The second kappa shape index (κ2) is 4.14. The van der Waals surface area contributed by atoms with E-state index in [9.17, 15) is 0 Å². The summed E-state index contributed by atoms with van der Waals surface area (Å²) in [5, 5.41) is 1.33. The molecule has 2 aromatic rings. The molecule has 1 aromatic carbocycles. The maximum absolute atomic E-state index is 4.60. The molecule has 1 atom stereocenters. The fourth-order valence-corrected chi connectivity index (χ4v) is 2.60. The zero-order valence-electron chi connectivity index (χ0n) is 9.19. The Bertz CT molecular complexity index is 465. The van der Waals surface area contributed by atoms with Crippen molar-refractivity contribution in [1.29, 1.82) is 0 Å². The Morgan fingerprint density at radius 3 is 2.60 bits per heavy atom. The van der Waals surface area contributed by atoms with Gasteiger partial charge in [0.05, 0.1) is 15.5 Å². The van der Waals surface area contributed by atoms with Crippen LogP contribution in [0.15, 0.2) is 18.2 Å². The third-order valence-corrected chi connectivity index (χ3v) is 4.09. The Kier molecular flexibility index (Phi) is 3.03. The van der Waals surface area contributed by atoms with Crippen LogP contribution >= 0.6 is 24.0 Å². The van der Waals surface area contributed by atoms with Crippen LogP contribution in [0.2, 0.25) is 0 Å². The van der Waals surface area contributed by atoms with E-state index in [-0.39, 0.29) is 5.25 Å². The first-order chi connectivity index (χ1) is 7.08. The van der Waals surface area contributed by atoms with Crippen molar-refractivity contribution in [1.82, 2.24) is 4.98 Å². The quantitative estimate of drug-likeness (QED) is 0.763. The Hall–Kier alpha value is -0.540. The second-order valence-electron chi connectivity index (χ2n) is 4.11. The molecule has 0 fully saturated rings. The lowest BCUT2D eigenvalue weighted by atomic mass is 10.0. The van der Waals surface area contributed by atoms with Gasteiger partial charge in [-0.2, -0.15) is 12.6 Å². The third kappa shape index (κ3) is 2.18. The SMILES string of the molecule is CC(C)c1ccc2sc(C(C)S)nc2c1. The third-order valence-electron chi connectivity index (χ3n) is 2.45. The molecule has 1 heterocycles. The molecule has 2 rings (SSSR count). The number of hydrogen-bond donors (Lipinski definition) is 1. The van der Waals surface area contributed by atoms with Crippen LogP contribution in [0.5, 0.6) is 0 Å². The van der Waals surface area contributed by atoms with E-state index in [1.807, 2.05) is 0 Å². The molecular formula is C12H15NS2. The van der Waals surface area contributed by atoms with E-state index in [2.05, 4.69) is 56.6 Å². The molecule has 3 heteroatoms. The minimum atomic E-state index is 0.227. The highest BCUT2D eigenvalue weighted by Gasteiger charge is 2.09. The van der Waals surface area contributed by atoms with Gasteiger partial charge in [0.2, 0.25) is 0 Å². The molecular weight excluding hydrogens is 222 g/mol. The standard InChI is InChI=1S/C12H15NS2/c1-7(2)9-4-5-11-10(6-9)13-12(15-11)8(3)14/h4-8,14H,1-3H3. The molecule has 0 amide bonds. The average molecular weight is 237 g/mol. The minimum absolute atomic E-state index is 0.227. The van der Waals surface area contributed by atoms with Crippen molar-refractivity contribution in [3.63, 3.8) is 0 Å². The van der Waals surface area contributed by atoms with Crippen molar-refractivity contribution in [2.75, 3.05) is 0 Å². The van der Waals surface area contributed by atoms with Gasteiger partial charge in [-0.1, -0.05) is 19.9 Å². The van der Waals surface area contributed by atoms with Crippen molar-refractivity contribution in [2.24, 2.45) is 0 Å². The smallest absolute Gasteiger partial charge is 0.106 e. The highest BCUT2D eigenvalue weighted by molar-refractivity contribution is 7.80. The van der Waals surface area contributed by atoms with Gasteiger partial charge in [0, 0.05) is 0 Å². The number of thiazole rings is 1. The predicted octanol–water partition coefficient (Wildman–Crippen LogP) is 4.41. The van der Waals surface area contributed by atoms with E-state index in [1.54, 1.807) is 11.3 Å². The zero-order chi connectivity index (χ0) is 11.0. The number of rotatable bonds is 2. The van der Waals surface area contributed by atoms with Gasteiger partial charge in [0.1, 0.15) is 5.01 Å². The van der Waals surface area contributed by atoms with E-state index in [0.717, 1.165) is 10.5 Å². The van der Waals surface area contributed by atoms with E-state index in [1.165, 1.54) is 10.3 Å². The van der Waals surface area contributed by atoms with Gasteiger partial charge >= 0.3 is 0 Å². The van der Waals surface area contributed by atoms with Gasteiger partial charge in [0.25, 0.3) is 0 Å². The maximum Gasteiger partial charge on any atom is 0.106 e. The molecule has 1 nitrogen and oxygen atoms in total. The molecule has 0 aliphatic carbocycles. The first-order valence-electron chi connectivity index (χ1n) is 5.16. The van der Waals surface area contributed by atoms with Crippen molar-refractivity contribution in [3.05, 3.63) is 28.8 Å². The van der Waals surface area contributed by atoms with Gasteiger partial charge in [-0.25, -0.2) is 4.98 Å². The van der Waals surface area contributed by atoms with Gasteiger partial charge in [-0.05, 0) is 30.5 Å². The maximum atomic E-state index is 4.60. The van der Waals surface area contributed by atoms with E-state index in [0.29, 0.717) is 5.92 Å². The molecule has 0 saturated carbocycles. The lowest BCUT2D eigenvalue weighted by Gasteiger charge is -2.03. The molecule has 80 valence electrons. The molecule has 0 spiro atoms. The lowest BCUT2D eigenvalue weighted by molar-refractivity contribution is 0.868. The zero-order valence-corrected chi connectivity index (χ0v) is 10.9. The summed E-state index contributed by atoms with van der Waals surface area (Å²) >= 11 is 6.15. The Morgan fingerprint density at radius 1 is 1.27 bits per heavy atom. The minimum Gasteiger partial charge on any atom is -0.240 e. The molecule has 0 radical (unpaired) electrons. The summed E-state index contributed by atoms with van der Waals surface area (Å²) in [5.41, 5.74) is 2.47. The Labute approximate surface area is 100.0 Å². The van der Waals surface area contributed by atoms with Crippen molar-refractivity contribution in [3.8, 4) is 0 Å². The number of fused-ring (bicyclic) bond motifs is 1. The van der Waals surface area contributed by atoms with Gasteiger partial charge < -0.3 is 0 Å². The van der Waals surface area contributed by atoms with Crippen molar-refractivity contribution in [2.45, 2.75) is 31.9 Å². The van der Waals surface area contributed by atoms with E-state index < -0.39 is 0 Å². The van der Waals surface area contributed by atoms with E-state index >= 15 is 0 Å². The van der Waals surface area contributed by atoms with Gasteiger partial charge in [-0.3, -0.25) is 0 Å².